The Morgan fingerprint density at radius 3 is 2.43 bits per heavy atom. The molecular weight excluding hydrogens is 84.1 g/mol. The quantitative estimate of drug-likeness (QED) is 0.372. The van der Waals surface area contributed by atoms with Gasteiger partial charge in [-0.3, -0.25) is 0 Å². The van der Waals surface area contributed by atoms with Crippen LogP contribution in [0.25, 0.3) is 0 Å². The molecule has 0 amide bonds. The van der Waals surface area contributed by atoms with Gasteiger partial charge < -0.3 is 0 Å². The van der Waals surface area contributed by atoms with Crippen LogP contribution in [0.3, 0.4) is 0 Å². The molecule has 0 radical (unpaired) electrons. The van der Waals surface area contributed by atoms with Gasteiger partial charge in [0.25, 0.3) is 0 Å². The van der Waals surface area contributed by atoms with E-state index in [-0.39, 0.29) is 0 Å². The average molecular weight is 94.2 g/mol. The molecule has 0 saturated heterocycles. The van der Waals surface area contributed by atoms with Gasteiger partial charge in [-0.15, -0.1) is 6.58 Å². The molecular formula is C7H10. The van der Waals surface area contributed by atoms with Crippen LogP contribution in [0.2, 0.25) is 0 Å². The monoisotopic (exact) mass is 94.1 g/mol. The second kappa shape index (κ2) is 5.22. The van der Waals surface area contributed by atoms with E-state index in [1.54, 1.807) is 6.08 Å². The highest BCUT2D eigenvalue weighted by Crippen LogP contribution is 1.81. The van der Waals surface area contributed by atoms with E-state index in [9.17, 15) is 0 Å². The predicted molar refractivity (Wildman–Crippen MR) is 34.2 cm³/mol. The maximum atomic E-state index is 3.55. The summed E-state index contributed by atoms with van der Waals surface area (Å²) in [4.78, 5) is 0. The van der Waals surface area contributed by atoms with Crippen LogP contribution >= 0.6 is 0 Å². The molecule has 0 aliphatic rings. The van der Waals surface area contributed by atoms with E-state index in [1.807, 2.05) is 18.2 Å². The lowest BCUT2D eigenvalue weighted by Crippen LogP contribution is -1.50. The van der Waals surface area contributed by atoms with Gasteiger partial charge in [-0.05, 0) is 6.42 Å². The van der Waals surface area contributed by atoms with Gasteiger partial charge in [0, 0.05) is 0 Å². The van der Waals surface area contributed by atoms with Crippen LogP contribution in [0, 0.1) is 0 Å². The van der Waals surface area contributed by atoms with Gasteiger partial charge in [0.1, 0.15) is 0 Å². The fraction of sp³-hybridized carbons (Fsp3) is 0.143. The Labute approximate surface area is 44.9 Å². The predicted octanol–water partition coefficient (Wildman–Crippen LogP) is 2.30. The summed E-state index contributed by atoms with van der Waals surface area (Å²) in [6.45, 7) is 7.06. The summed E-state index contributed by atoms with van der Waals surface area (Å²) in [6, 6.07) is 0. The van der Waals surface area contributed by atoms with Crippen molar-refractivity contribution in [1.82, 2.24) is 0 Å². The normalized spacial score (nSPS) is 9.14. The van der Waals surface area contributed by atoms with Crippen molar-refractivity contribution in [3.8, 4) is 0 Å². The van der Waals surface area contributed by atoms with E-state index in [0.29, 0.717) is 0 Å². The summed E-state index contributed by atoms with van der Waals surface area (Å²) in [5.74, 6) is 0. The molecule has 0 saturated carbocycles. The van der Waals surface area contributed by atoms with E-state index in [4.69, 9.17) is 0 Å². The van der Waals surface area contributed by atoms with E-state index >= 15 is 0 Å². The summed E-state index contributed by atoms with van der Waals surface area (Å²) in [7, 11) is 0. The first-order chi connectivity index (χ1) is 3.41. The fourth-order valence-electron chi connectivity index (χ4n) is 0.271. The molecule has 0 aliphatic carbocycles. The summed E-state index contributed by atoms with van der Waals surface area (Å²) < 4.78 is 0. The molecule has 38 valence electrons. The Morgan fingerprint density at radius 1 is 1.29 bits per heavy atom. The summed E-state index contributed by atoms with van der Waals surface area (Å²) in [5.41, 5.74) is 0. The molecule has 0 N–H and O–H groups in total. The van der Waals surface area contributed by atoms with Crippen LogP contribution in [-0.4, -0.2) is 0 Å². The van der Waals surface area contributed by atoms with Crippen LogP contribution in [-0.2, 0) is 0 Å². The highest BCUT2D eigenvalue weighted by Gasteiger charge is 1.59. The van der Waals surface area contributed by atoms with Gasteiger partial charge in [0.05, 0.1) is 0 Å². The highest BCUT2D eigenvalue weighted by molar-refractivity contribution is 4.99. The van der Waals surface area contributed by atoms with E-state index in [2.05, 4.69) is 13.2 Å². The maximum Gasteiger partial charge on any atom is -0.0169 e. The van der Waals surface area contributed by atoms with Crippen molar-refractivity contribution < 1.29 is 0 Å². The molecule has 0 aromatic carbocycles. The molecule has 7 heavy (non-hydrogen) atoms. The number of hydrogen-bond acceptors (Lipinski definition) is 0. The Morgan fingerprint density at radius 2 is 2.00 bits per heavy atom. The van der Waals surface area contributed by atoms with Crippen molar-refractivity contribution in [2.24, 2.45) is 0 Å². The Kier molecular flexibility index (Phi) is 4.64. The molecule has 0 atom stereocenters. The zero-order valence-electron chi connectivity index (χ0n) is 4.43. The summed E-state index contributed by atoms with van der Waals surface area (Å²) >= 11 is 0. The minimum Gasteiger partial charge on any atom is -0.103 e. The van der Waals surface area contributed by atoms with Crippen LogP contribution < -0.4 is 0 Å². The topological polar surface area (TPSA) is 0 Å². The smallest absolute Gasteiger partial charge is 0.0169 e. The summed E-state index contributed by atoms with van der Waals surface area (Å²) in [6.07, 6.45) is 8.44. The average Bonchev–Trinajstić information content (AvgIpc) is 1.69. The molecule has 0 unspecified atom stereocenters. The SMILES string of the molecule is C=C/C=C/CC=C. The molecule has 0 aromatic rings. The molecule has 0 nitrogen and oxygen atoms in total. The summed E-state index contributed by atoms with van der Waals surface area (Å²) in [5, 5.41) is 0. The third-order valence-electron chi connectivity index (χ3n) is 0.575. The van der Waals surface area contributed by atoms with Gasteiger partial charge in [-0.2, -0.15) is 0 Å². The zero-order valence-corrected chi connectivity index (χ0v) is 4.43. The standard InChI is InChI=1S/C7H10/c1-3-5-7-6-4-2/h3-5,7H,1-2,6H2/b7-5+. The third-order valence-corrected chi connectivity index (χ3v) is 0.575. The van der Waals surface area contributed by atoms with E-state index < -0.39 is 0 Å². The third kappa shape index (κ3) is 5.22. The first-order valence-electron chi connectivity index (χ1n) is 2.30. The molecule has 0 rings (SSSR count). The first kappa shape index (κ1) is 6.22. The van der Waals surface area contributed by atoms with Gasteiger partial charge in [0.2, 0.25) is 0 Å². The van der Waals surface area contributed by atoms with Crippen LogP contribution in [0.5, 0.6) is 0 Å². The van der Waals surface area contributed by atoms with Gasteiger partial charge in [-0.25, -0.2) is 0 Å². The van der Waals surface area contributed by atoms with Crippen molar-refractivity contribution in [3.05, 3.63) is 37.5 Å². The van der Waals surface area contributed by atoms with E-state index in [1.165, 1.54) is 0 Å². The van der Waals surface area contributed by atoms with Crippen molar-refractivity contribution >= 4 is 0 Å². The Bertz CT molecular complexity index is 78.0. The largest absolute Gasteiger partial charge is 0.103 e. The van der Waals surface area contributed by atoms with Crippen LogP contribution in [0.15, 0.2) is 37.5 Å². The van der Waals surface area contributed by atoms with Crippen molar-refractivity contribution in [2.75, 3.05) is 0 Å². The molecule has 0 spiro atoms. The number of allylic oxidation sites excluding steroid dienone is 4. The van der Waals surface area contributed by atoms with Crippen molar-refractivity contribution in [1.29, 1.82) is 0 Å². The number of hydrogen-bond donors (Lipinski definition) is 0. The first-order valence-corrected chi connectivity index (χ1v) is 2.30. The maximum absolute atomic E-state index is 3.55. The Balaban J connectivity index is 3.08. The van der Waals surface area contributed by atoms with Crippen LogP contribution in [0.1, 0.15) is 6.42 Å². The second-order valence-corrected chi connectivity index (χ2v) is 1.19. The van der Waals surface area contributed by atoms with Crippen LogP contribution in [0.4, 0.5) is 0 Å². The minimum atomic E-state index is 0.937. The van der Waals surface area contributed by atoms with Gasteiger partial charge in [-0.1, -0.05) is 30.9 Å². The molecule has 0 heteroatoms. The van der Waals surface area contributed by atoms with E-state index in [0.717, 1.165) is 6.42 Å². The van der Waals surface area contributed by atoms with Gasteiger partial charge >= 0.3 is 0 Å². The van der Waals surface area contributed by atoms with Crippen molar-refractivity contribution in [2.45, 2.75) is 6.42 Å². The fourth-order valence-corrected chi connectivity index (χ4v) is 0.271. The lowest BCUT2D eigenvalue weighted by molar-refractivity contribution is 1.41. The molecule has 0 aromatic heterocycles. The van der Waals surface area contributed by atoms with Crippen molar-refractivity contribution in [3.63, 3.8) is 0 Å². The number of rotatable bonds is 3. The Hall–Kier alpha value is -0.780. The molecule has 0 heterocycles. The highest BCUT2D eigenvalue weighted by atomic mass is 13.7. The lowest BCUT2D eigenvalue weighted by Gasteiger charge is -1.71. The minimum absolute atomic E-state index is 0.937. The molecule has 0 aliphatic heterocycles. The molecule has 0 fully saturated rings. The van der Waals surface area contributed by atoms with Gasteiger partial charge in [0.15, 0.2) is 0 Å². The molecule has 0 bridgehead atoms. The lowest BCUT2D eigenvalue weighted by atomic mass is 10.4. The zero-order chi connectivity index (χ0) is 5.54. The second-order valence-electron chi connectivity index (χ2n) is 1.19.